The summed E-state index contributed by atoms with van der Waals surface area (Å²) >= 11 is 0. The van der Waals surface area contributed by atoms with E-state index in [0.29, 0.717) is 0 Å². The Balaban J connectivity index is 0. The van der Waals surface area contributed by atoms with Crippen LogP contribution in [0.2, 0.25) is 0 Å². The monoisotopic (exact) mass is 301 g/mol. The Morgan fingerprint density at radius 1 is 0.750 bits per heavy atom. The molecule has 0 N–H and O–H groups in total. The molecule has 34 valence electrons. The summed E-state index contributed by atoms with van der Waals surface area (Å²) in [5, 5.41) is 0. The van der Waals surface area contributed by atoms with Crippen molar-refractivity contribution < 1.29 is 21.1 Å². The first-order valence-corrected chi connectivity index (χ1v) is 0. The molecule has 0 radical (unpaired) electrons. The molecule has 0 bridgehead atoms. The quantitative estimate of drug-likeness (QED) is 0.583. The van der Waals surface area contributed by atoms with Crippen molar-refractivity contribution >= 4 is 34.7 Å². The summed E-state index contributed by atoms with van der Waals surface area (Å²) in [4.78, 5) is 0. The molecule has 0 saturated carbocycles. The molecule has 0 aliphatic heterocycles. The van der Waals surface area contributed by atoms with Gasteiger partial charge in [0.1, 0.15) is 0 Å². The third-order valence-corrected chi connectivity index (χ3v) is 0. The van der Waals surface area contributed by atoms with Gasteiger partial charge in [0.2, 0.25) is 0 Å². The van der Waals surface area contributed by atoms with Crippen molar-refractivity contribution in [2.45, 2.75) is 0 Å². The van der Waals surface area contributed by atoms with Gasteiger partial charge < -0.3 is 0 Å². The van der Waals surface area contributed by atoms with Crippen LogP contribution in [0.1, 0.15) is 0 Å². The number of halogens is 2. The third kappa shape index (κ3) is 9.34. The first kappa shape index (κ1) is 43.6. The van der Waals surface area contributed by atoms with Crippen LogP contribution in [0.25, 0.3) is 0 Å². The van der Waals surface area contributed by atoms with E-state index in [-0.39, 0.29) is 55.8 Å². The third-order valence-electron chi connectivity index (χ3n) is 0. The number of rotatable bonds is 0. The molecule has 0 aliphatic rings. The smallest absolute Gasteiger partial charge is 0 e. The Bertz CT molecular complexity index is 6.00. The molecule has 1 unspecified atom stereocenters. The summed E-state index contributed by atoms with van der Waals surface area (Å²) in [7, 11) is 0. The first-order chi connectivity index (χ1) is 0. The van der Waals surface area contributed by atoms with Crippen LogP contribution in [-0.2, 0) is 21.1 Å². The zero-order valence-electron chi connectivity index (χ0n) is 1.84. The maximum absolute atomic E-state index is 0. The molecule has 0 aromatic carbocycles. The molecule has 4 heteroatoms. The van der Waals surface area contributed by atoms with Gasteiger partial charge in [-0.25, -0.2) is 0 Å². The Morgan fingerprint density at radius 2 is 0.750 bits per heavy atom. The van der Waals surface area contributed by atoms with Gasteiger partial charge in [0, 0.05) is 21.1 Å². The molecule has 0 saturated heterocycles. The van der Waals surface area contributed by atoms with E-state index in [9.17, 15) is 0 Å². The van der Waals surface area contributed by atoms with Crippen molar-refractivity contribution in [2.75, 3.05) is 0 Å². The molecule has 0 rings (SSSR count). The minimum Gasteiger partial charge on any atom is -0.153 e. The largest absolute Gasteiger partial charge is 0.153 e. The van der Waals surface area contributed by atoms with Gasteiger partial charge in [-0.15, -0.1) is 24.8 Å². The van der Waals surface area contributed by atoms with Crippen LogP contribution in [-0.4, -0.2) is 0 Å². The van der Waals surface area contributed by atoms with Gasteiger partial charge in [0.15, 0.2) is 0 Å². The van der Waals surface area contributed by atoms with Gasteiger partial charge in [0.25, 0.3) is 0 Å². The van der Waals surface area contributed by atoms with E-state index in [1.807, 2.05) is 0 Å². The molecule has 0 nitrogen and oxygen atoms in total. The zero-order valence-corrected chi connectivity index (χ0v) is 7.16. The first-order valence-electron chi connectivity index (χ1n) is 0. The fourth-order valence-corrected chi connectivity index (χ4v) is 0. The van der Waals surface area contributed by atoms with Crippen molar-refractivity contribution in [2.24, 2.45) is 0 Å². The average Bonchev–Trinajstić information content (AvgIpc) is 0. The Morgan fingerprint density at radius 3 is 0.750 bits per heavy atom. The molecule has 0 fully saturated rings. The zero-order chi connectivity index (χ0) is 0. The minimum absolute atomic E-state index is 0. The Hall–Kier alpha value is 1.70. The van der Waals surface area contributed by atoms with Crippen molar-refractivity contribution in [3.63, 3.8) is 0 Å². The van der Waals surface area contributed by atoms with Gasteiger partial charge >= 0.3 is 0 Å². The van der Waals surface area contributed by atoms with Gasteiger partial charge in [0.05, 0.1) is 0 Å². The van der Waals surface area contributed by atoms with E-state index in [2.05, 4.69) is 0 Å². The SMILES string of the molecule is Cl.Cl.P.[Pt]. The van der Waals surface area contributed by atoms with Crippen LogP contribution < -0.4 is 0 Å². The topological polar surface area (TPSA) is 0 Å². The van der Waals surface area contributed by atoms with Crippen LogP contribution in [0.5, 0.6) is 0 Å². The molecule has 0 spiro atoms. The van der Waals surface area contributed by atoms with E-state index in [0.717, 1.165) is 0 Å². The molecule has 0 heterocycles. The fourth-order valence-electron chi connectivity index (χ4n) is 0. The summed E-state index contributed by atoms with van der Waals surface area (Å²) in [6.07, 6.45) is 0. The van der Waals surface area contributed by atoms with Crippen molar-refractivity contribution in [3.05, 3.63) is 0 Å². The van der Waals surface area contributed by atoms with Crippen LogP contribution in [0, 0.1) is 0 Å². The standard InChI is InChI=1S/2ClH.H3P.Pt/h2*1H;1H3;. The number of hydrogen-bond donors (Lipinski definition) is 0. The van der Waals surface area contributed by atoms with Gasteiger partial charge in [-0.2, -0.15) is 9.90 Å². The van der Waals surface area contributed by atoms with Gasteiger partial charge in [-0.1, -0.05) is 0 Å². The molecular weight excluding hydrogens is 297 g/mol. The predicted molar refractivity (Wildman–Crippen MR) is 25.6 cm³/mol. The molecule has 4 heavy (non-hydrogen) atoms. The van der Waals surface area contributed by atoms with Gasteiger partial charge in [-0.05, 0) is 0 Å². The predicted octanol–water partition coefficient (Wildman–Crippen LogP) is 0.899. The maximum Gasteiger partial charge on any atom is 0 e. The molecule has 0 aliphatic carbocycles. The maximum atomic E-state index is 0. The van der Waals surface area contributed by atoms with Crippen LogP contribution in [0.3, 0.4) is 0 Å². The van der Waals surface area contributed by atoms with E-state index in [1.165, 1.54) is 0 Å². The van der Waals surface area contributed by atoms with E-state index < -0.39 is 0 Å². The molecule has 0 aromatic rings. The average molecular weight is 302 g/mol. The van der Waals surface area contributed by atoms with Crippen molar-refractivity contribution in [1.82, 2.24) is 0 Å². The summed E-state index contributed by atoms with van der Waals surface area (Å²) < 4.78 is 0. The van der Waals surface area contributed by atoms with E-state index in [1.54, 1.807) is 0 Å². The minimum atomic E-state index is 0. The van der Waals surface area contributed by atoms with Crippen LogP contribution in [0.15, 0.2) is 0 Å². The number of hydrogen-bond acceptors (Lipinski definition) is 0. The fraction of sp³-hybridized carbons (Fsp3) is 0. The molecule has 0 aromatic heterocycles. The van der Waals surface area contributed by atoms with E-state index >= 15 is 0 Å². The molecular formula is H5Cl2PPt. The summed E-state index contributed by atoms with van der Waals surface area (Å²) in [6.45, 7) is 0. The Labute approximate surface area is 55.8 Å². The summed E-state index contributed by atoms with van der Waals surface area (Å²) in [6, 6.07) is 0. The van der Waals surface area contributed by atoms with Crippen LogP contribution >= 0.6 is 34.7 Å². The Kier molecular flexibility index (Phi) is 243. The van der Waals surface area contributed by atoms with Crippen LogP contribution in [0.4, 0.5) is 0 Å². The van der Waals surface area contributed by atoms with Gasteiger partial charge in [-0.3, -0.25) is 0 Å². The second-order valence-electron chi connectivity index (χ2n) is 0. The van der Waals surface area contributed by atoms with Crippen molar-refractivity contribution in [3.8, 4) is 0 Å². The normalized spacial score (nSPS) is 0. The summed E-state index contributed by atoms with van der Waals surface area (Å²) in [5.41, 5.74) is 0. The summed E-state index contributed by atoms with van der Waals surface area (Å²) in [5.74, 6) is 0. The second kappa shape index (κ2) is 22.3. The molecule has 1 atom stereocenters. The van der Waals surface area contributed by atoms with Crippen molar-refractivity contribution in [1.29, 1.82) is 0 Å². The second-order valence-corrected chi connectivity index (χ2v) is 0. The molecule has 0 amide bonds. The van der Waals surface area contributed by atoms with E-state index in [4.69, 9.17) is 0 Å².